The van der Waals surface area contributed by atoms with E-state index in [1.54, 1.807) is 0 Å². The van der Waals surface area contributed by atoms with Crippen molar-refractivity contribution >= 4 is 28.4 Å². The van der Waals surface area contributed by atoms with Gasteiger partial charge >= 0.3 is 0 Å². The lowest BCUT2D eigenvalue weighted by atomic mass is 10.2. The van der Waals surface area contributed by atoms with Crippen molar-refractivity contribution in [3.05, 3.63) is 54.1 Å². The van der Waals surface area contributed by atoms with Gasteiger partial charge in [-0.15, -0.1) is 0 Å². The lowest BCUT2D eigenvalue weighted by molar-refractivity contribution is 0.292. The van der Waals surface area contributed by atoms with Crippen LogP contribution < -0.4 is 10.6 Å². The molecule has 0 aliphatic rings. The molecule has 0 radical (unpaired) electrons. The summed E-state index contributed by atoms with van der Waals surface area (Å²) >= 11 is 0. The van der Waals surface area contributed by atoms with Gasteiger partial charge in [0.1, 0.15) is 5.82 Å². The molecule has 0 amide bonds. The fraction of sp³-hybridized carbons (Fsp3) is 0.222. The minimum absolute atomic E-state index is 0.157. The molecule has 3 rings (SSSR count). The van der Waals surface area contributed by atoms with Crippen molar-refractivity contribution in [1.82, 2.24) is 9.97 Å². The van der Waals surface area contributed by atoms with E-state index in [-0.39, 0.29) is 6.61 Å². The molecule has 0 saturated heterocycles. The van der Waals surface area contributed by atoms with E-state index in [0.717, 1.165) is 22.4 Å². The van der Waals surface area contributed by atoms with E-state index in [0.29, 0.717) is 18.9 Å². The number of aliphatic hydroxyl groups is 1. The number of benzene rings is 2. The van der Waals surface area contributed by atoms with Crippen LogP contribution in [0.1, 0.15) is 12.0 Å². The Balaban J connectivity index is 1.93. The minimum Gasteiger partial charge on any atom is -0.396 e. The first-order chi connectivity index (χ1) is 11.3. The quantitative estimate of drug-likeness (QED) is 0.608. The first kappa shape index (κ1) is 15.2. The number of hydrogen-bond donors (Lipinski definition) is 3. The average molecular weight is 308 g/mol. The molecular weight excluding hydrogens is 288 g/mol. The van der Waals surface area contributed by atoms with Gasteiger partial charge in [0.2, 0.25) is 5.95 Å². The number of rotatable bonds is 6. The Hall–Kier alpha value is -2.66. The zero-order valence-corrected chi connectivity index (χ0v) is 13.1. The molecule has 1 aromatic heterocycles. The molecule has 5 heteroatoms. The molecule has 0 atom stereocenters. The summed E-state index contributed by atoms with van der Waals surface area (Å²) in [5.74, 6) is 1.33. The Morgan fingerprint density at radius 1 is 1.04 bits per heavy atom. The van der Waals surface area contributed by atoms with Crippen LogP contribution in [0.4, 0.5) is 17.5 Å². The van der Waals surface area contributed by atoms with Gasteiger partial charge in [-0.1, -0.05) is 24.3 Å². The van der Waals surface area contributed by atoms with Gasteiger partial charge in [0.15, 0.2) is 0 Å². The number of nitrogens with zero attached hydrogens (tertiary/aromatic N) is 2. The fourth-order valence-corrected chi connectivity index (χ4v) is 2.41. The monoisotopic (exact) mass is 308 g/mol. The van der Waals surface area contributed by atoms with Crippen LogP contribution in [0.15, 0.2) is 48.5 Å². The molecule has 0 bridgehead atoms. The van der Waals surface area contributed by atoms with Gasteiger partial charge in [0.25, 0.3) is 0 Å². The Morgan fingerprint density at radius 2 is 1.91 bits per heavy atom. The number of hydrogen-bond acceptors (Lipinski definition) is 5. The average Bonchev–Trinajstić information content (AvgIpc) is 2.55. The van der Waals surface area contributed by atoms with Crippen molar-refractivity contribution in [2.24, 2.45) is 0 Å². The van der Waals surface area contributed by atoms with E-state index >= 15 is 0 Å². The summed E-state index contributed by atoms with van der Waals surface area (Å²) in [5, 5.41) is 16.5. The van der Waals surface area contributed by atoms with Crippen molar-refractivity contribution in [2.45, 2.75) is 13.3 Å². The van der Waals surface area contributed by atoms with Crippen LogP contribution in [0.2, 0.25) is 0 Å². The predicted octanol–water partition coefficient (Wildman–Crippen LogP) is 3.48. The lowest BCUT2D eigenvalue weighted by Crippen LogP contribution is -2.08. The van der Waals surface area contributed by atoms with Crippen LogP contribution in [0.3, 0.4) is 0 Å². The summed E-state index contributed by atoms with van der Waals surface area (Å²) in [6, 6.07) is 16.0. The van der Waals surface area contributed by atoms with Gasteiger partial charge in [-0.05, 0) is 43.2 Å². The summed E-state index contributed by atoms with van der Waals surface area (Å²) < 4.78 is 0. The van der Waals surface area contributed by atoms with E-state index in [1.165, 1.54) is 5.56 Å². The summed E-state index contributed by atoms with van der Waals surface area (Å²) in [6.07, 6.45) is 0.680. The molecule has 23 heavy (non-hydrogen) atoms. The number of aliphatic hydroxyl groups excluding tert-OH is 1. The zero-order chi connectivity index (χ0) is 16.1. The molecule has 3 N–H and O–H groups in total. The highest BCUT2D eigenvalue weighted by atomic mass is 16.3. The molecule has 118 valence electrons. The molecule has 0 saturated carbocycles. The third kappa shape index (κ3) is 3.76. The molecular formula is C18H20N4O. The van der Waals surface area contributed by atoms with Gasteiger partial charge in [0, 0.05) is 24.2 Å². The Morgan fingerprint density at radius 3 is 2.74 bits per heavy atom. The molecule has 0 fully saturated rings. The highest BCUT2D eigenvalue weighted by Gasteiger charge is 2.07. The second kappa shape index (κ2) is 7.07. The first-order valence-corrected chi connectivity index (χ1v) is 7.71. The second-order valence-electron chi connectivity index (χ2n) is 5.41. The summed E-state index contributed by atoms with van der Waals surface area (Å²) in [7, 11) is 0. The van der Waals surface area contributed by atoms with Crippen molar-refractivity contribution in [3.8, 4) is 0 Å². The van der Waals surface area contributed by atoms with Crippen molar-refractivity contribution in [2.75, 3.05) is 23.8 Å². The molecule has 5 nitrogen and oxygen atoms in total. The van der Waals surface area contributed by atoms with Gasteiger partial charge in [-0.3, -0.25) is 0 Å². The minimum atomic E-state index is 0.157. The predicted molar refractivity (Wildman–Crippen MR) is 94.2 cm³/mol. The molecule has 0 aliphatic heterocycles. The number of fused-ring (bicyclic) bond motifs is 1. The second-order valence-corrected chi connectivity index (χ2v) is 5.41. The highest BCUT2D eigenvalue weighted by Crippen LogP contribution is 2.23. The Kier molecular flexibility index (Phi) is 4.68. The zero-order valence-electron chi connectivity index (χ0n) is 13.1. The maximum Gasteiger partial charge on any atom is 0.229 e. The van der Waals surface area contributed by atoms with Gasteiger partial charge in [0.05, 0.1) is 5.52 Å². The molecule has 3 aromatic rings. The van der Waals surface area contributed by atoms with E-state index in [9.17, 15) is 0 Å². The Bertz CT molecular complexity index is 804. The third-order valence-corrected chi connectivity index (χ3v) is 3.50. The van der Waals surface area contributed by atoms with Gasteiger partial charge < -0.3 is 15.7 Å². The maximum atomic E-state index is 8.95. The highest BCUT2D eigenvalue weighted by molar-refractivity contribution is 5.90. The van der Waals surface area contributed by atoms with Gasteiger partial charge in [-0.25, -0.2) is 4.98 Å². The largest absolute Gasteiger partial charge is 0.396 e. The summed E-state index contributed by atoms with van der Waals surface area (Å²) in [4.78, 5) is 9.16. The SMILES string of the molecule is Cc1cccc(Nc2nc(NCCCO)c3ccccc3n2)c1. The van der Waals surface area contributed by atoms with Crippen LogP contribution in [0.5, 0.6) is 0 Å². The van der Waals surface area contributed by atoms with E-state index in [4.69, 9.17) is 5.11 Å². The maximum absolute atomic E-state index is 8.95. The molecule has 0 aliphatic carbocycles. The van der Waals surface area contributed by atoms with Gasteiger partial charge in [-0.2, -0.15) is 4.98 Å². The number of aryl methyl sites for hydroxylation is 1. The lowest BCUT2D eigenvalue weighted by Gasteiger charge is -2.11. The summed E-state index contributed by atoms with van der Waals surface area (Å²) in [5.41, 5.74) is 3.02. The standard InChI is InChI=1S/C18H20N4O/c1-13-6-4-7-14(12-13)20-18-21-16-9-3-2-8-15(16)17(22-18)19-10-5-11-23/h2-4,6-9,12,23H,5,10-11H2,1H3,(H2,19,20,21,22). The smallest absolute Gasteiger partial charge is 0.229 e. The van der Waals surface area contributed by atoms with Crippen LogP contribution in [-0.4, -0.2) is 28.2 Å². The van der Waals surface area contributed by atoms with Crippen LogP contribution in [0, 0.1) is 6.92 Å². The number of anilines is 3. The topological polar surface area (TPSA) is 70.1 Å². The van der Waals surface area contributed by atoms with Crippen LogP contribution in [0.25, 0.3) is 10.9 Å². The van der Waals surface area contributed by atoms with Crippen LogP contribution >= 0.6 is 0 Å². The van der Waals surface area contributed by atoms with Crippen molar-refractivity contribution in [1.29, 1.82) is 0 Å². The van der Waals surface area contributed by atoms with E-state index < -0.39 is 0 Å². The van der Waals surface area contributed by atoms with Crippen molar-refractivity contribution in [3.63, 3.8) is 0 Å². The molecule has 1 heterocycles. The third-order valence-electron chi connectivity index (χ3n) is 3.50. The number of para-hydroxylation sites is 1. The molecule has 2 aromatic carbocycles. The number of nitrogens with one attached hydrogen (secondary N) is 2. The molecule has 0 spiro atoms. The summed E-state index contributed by atoms with van der Waals surface area (Å²) in [6.45, 7) is 2.88. The molecule has 0 unspecified atom stereocenters. The normalized spacial score (nSPS) is 10.7. The first-order valence-electron chi connectivity index (χ1n) is 7.71. The fourth-order valence-electron chi connectivity index (χ4n) is 2.41. The van der Waals surface area contributed by atoms with Crippen molar-refractivity contribution < 1.29 is 5.11 Å². The van der Waals surface area contributed by atoms with E-state index in [2.05, 4.69) is 26.7 Å². The number of aromatic nitrogens is 2. The van der Waals surface area contributed by atoms with Crippen LogP contribution in [-0.2, 0) is 0 Å². The Labute approximate surface area is 135 Å². The van der Waals surface area contributed by atoms with E-state index in [1.807, 2.05) is 49.4 Å².